The second kappa shape index (κ2) is 8.64. The van der Waals surface area contributed by atoms with Crippen LogP contribution in [-0.2, 0) is 11.2 Å². The maximum atomic E-state index is 12.2. The zero-order chi connectivity index (χ0) is 21.1. The highest BCUT2D eigenvalue weighted by Gasteiger charge is 2.17. The number of fused-ring (bicyclic) bond motifs is 1. The number of ether oxygens (including phenoxy) is 2. The van der Waals surface area contributed by atoms with Gasteiger partial charge in [0.1, 0.15) is 0 Å². The van der Waals surface area contributed by atoms with E-state index < -0.39 is 11.8 Å². The molecule has 10 heteroatoms. The first kappa shape index (κ1) is 20.1. The maximum Gasteiger partial charge on any atom is 0.269 e. The van der Waals surface area contributed by atoms with E-state index >= 15 is 0 Å². The van der Waals surface area contributed by atoms with Crippen LogP contribution in [0.1, 0.15) is 22.7 Å². The number of halogens is 2. The first-order chi connectivity index (χ1) is 14.5. The lowest BCUT2D eigenvalue weighted by Gasteiger charge is -2.07. The van der Waals surface area contributed by atoms with Crippen LogP contribution in [0.4, 0.5) is 0 Å². The third kappa shape index (κ3) is 4.50. The molecule has 0 aliphatic carbocycles. The van der Waals surface area contributed by atoms with Gasteiger partial charge in [0.05, 0.1) is 11.2 Å². The van der Waals surface area contributed by atoms with E-state index in [4.69, 9.17) is 37.1 Å². The minimum atomic E-state index is -0.475. The fraction of sp³-hybridized carbons (Fsp3) is 0.150. The Kier molecular flexibility index (Phi) is 5.78. The molecule has 154 valence electrons. The molecule has 2 amide bonds. The van der Waals surface area contributed by atoms with Crippen LogP contribution in [0.2, 0.25) is 10.0 Å². The molecule has 2 N–H and O–H groups in total. The molecule has 8 nitrogen and oxygen atoms in total. The number of carbonyl (C=O) groups is 2. The third-order valence-corrected chi connectivity index (χ3v) is 4.81. The summed E-state index contributed by atoms with van der Waals surface area (Å²) >= 11 is 12.1. The number of rotatable bonds is 5. The summed E-state index contributed by atoms with van der Waals surface area (Å²) in [6.45, 7) is 0.115. The molecule has 2 heterocycles. The number of carbonyl (C=O) groups excluding carboxylic acids is 2. The van der Waals surface area contributed by atoms with Gasteiger partial charge in [0.15, 0.2) is 23.1 Å². The summed E-state index contributed by atoms with van der Waals surface area (Å²) in [4.78, 5) is 28.3. The second-order valence-electron chi connectivity index (χ2n) is 6.31. The number of nitrogens with one attached hydrogen (secondary N) is 2. The maximum absolute atomic E-state index is 12.2. The highest BCUT2D eigenvalue weighted by Crippen LogP contribution is 2.32. The van der Waals surface area contributed by atoms with Crippen molar-refractivity contribution >= 4 is 35.0 Å². The van der Waals surface area contributed by atoms with E-state index in [1.54, 1.807) is 36.4 Å². The first-order valence-electron chi connectivity index (χ1n) is 8.88. The standard InChI is InChI=1S/C20H15Cl2N3O5/c21-12-2-3-13(14(22)8-12)17-9-23-19(30-17)6-5-18(26)24-25-20(27)11-1-4-15-16(7-11)29-10-28-15/h1-4,7-9H,5-6,10H2,(H,24,26)(H,25,27). The molecule has 2 aromatic carbocycles. The largest absolute Gasteiger partial charge is 0.454 e. The Hall–Kier alpha value is -3.23. The Labute approximate surface area is 181 Å². The van der Waals surface area contributed by atoms with Gasteiger partial charge in [-0.3, -0.25) is 20.4 Å². The molecule has 0 unspecified atom stereocenters. The van der Waals surface area contributed by atoms with Crippen molar-refractivity contribution in [3.05, 3.63) is 64.1 Å². The van der Waals surface area contributed by atoms with Crippen molar-refractivity contribution in [1.29, 1.82) is 0 Å². The van der Waals surface area contributed by atoms with Crippen LogP contribution in [0.5, 0.6) is 11.5 Å². The Balaban J connectivity index is 1.28. The number of nitrogens with zero attached hydrogens (tertiary/aromatic N) is 1. The number of aryl methyl sites for hydroxylation is 1. The summed E-state index contributed by atoms with van der Waals surface area (Å²) < 4.78 is 16.1. The van der Waals surface area contributed by atoms with E-state index in [9.17, 15) is 9.59 Å². The van der Waals surface area contributed by atoms with Gasteiger partial charge in [0.25, 0.3) is 5.91 Å². The average molecular weight is 448 g/mol. The molecule has 1 aliphatic heterocycles. The second-order valence-corrected chi connectivity index (χ2v) is 7.16. The highest BCUT2D eigenvalue weighted by atomic mass is 35.5. The van der Waals surface area contributed by atoms with Crippen LogP contribution in [0, 0.1) is 0 Å². The minimum absolute atomic E-state index is 0.0652. The SMILES string of the molecule is O=C(CCc1ncc(-c2ccc(Cl)cc2Cl)o1)NNC(=O)c1ccc2c(c1)OCO2. The lowest BCUT2D eigenvalue weighted by molar-refractivity contribution is -0.121. The first-order valence-corrected chi connectivity index (χ1v) is 9.64. The quantitative estimate of drug-likeness (QED) is 0.577. The molecule has 0 fully saturated rings. The Morgan fingerprint density at radius 2 is 1.87 bits per heavy atom. The van der Waals surface area contributed by atoms with Crippen molar-refractivity contribution < 1.29 is 23.5 Å². The van der Waals surface area contributed by atoms with E-state index in [2.05, 4.69) is 15.8 Å². The lowest BCUT2D eigenvalue weighted by Crippen LogP contribution is -2.41. The van der Waals surface area contributed by atoms with E-state index in [1.807, 2.05) is 0 Å². The molecule has 30 heavy (non-hydrogen) atoms. The smallest absolute Gasteiger partial charge is 0.269 e. The summed E-state index contributed by atoms with van der Waals surface area (Å²) in [5.74, 6) is 1.03. The summed E-state index contributed by atoms with van der Waals surface area (Å²) in [6.07, 6.45) is 1.84. The molecule has 0 saturated heterocycles. The number of aromatic nitrogens is 1. The van der Waals surface area contributed by atoms with Gasteiger partial charge in [-0.1, -0.05) is 23.2 Å². The van der Waals surface area contributed by atoms with Crippen molar-refractivity contribution in [2.45, 2.75) is 12.8 Å². The number of hydrogen-bond acceptors (Lipinski definition) is 6. The minimum Gasteiger partial charge on any atom is -0.454 e. The molecule has 4 rings (SSSR count). The topological polar surface area (TPSA) is 103 Å². The van der Waals surface area contributed by atoms with Gasteiger partial charge >= 0.3 is 0 Å². The van der Waals surface area contributed by atoms with E-state index in [0.29, 0.717) is 44.3 Å². The van der Waals surface area contributed by atoms with Crippen LogP contribution in [-0.4, -0.2) is 23.6 Å². The number of hydrazine groups is 1. The highest BCUT2D eigenvalue weighted by molar-refractivity contribution is 6.36. The Morgan fingerprint density at radius 1 is 1.03 bits per heavy atom. The third-order valence-electron chi connectivity index (χ3n) is 4.27. The van der Waals surface area contributed by atoms with Crippen molar-refractivity contribution in [2.24, 2.45) is 0 Å². The predicted molar refractivity (Wildman–Crippen MR) is 108 cm³/mol. The summed E-state index contributed by atoms with van der Waals surface area (Å²) in [6, 6.07) is 9.78. The fourth-order valence-electron chi connectivity index (χ4n) is 2.76. The normalized spacial score (nSPS) is 11.9. The molecule has 0 spiro atoms. The van der Waals surface area contributed by atoms with Gasteiger partial charge in [-0.05, 0) is 36.4 Å². The van der Waals surface area contributed by atoms with Crippen LogP contribution >= 0.6 is 23.2 Å². The van der Waals surface area contributed by atoms with Crippen molar-refractivity contribution in [2.75, 3.05) is 6.79 Å². The van der Waals surface area contributed by atoms with Crippen LogP contribution < -0.4 is 20.3 Å². The van der Waals surface area contributed by atoms with Crippen molar-refractivity contribution in [3.63, 3.8) is 0 Å². The van der Waals surface area contributed by atoms with Crippen LogP contribution in [0.3, 0.4) is 0 Å². The molecule has 0 radical (unpaired) electrons. The van der Waals surface area contributed by atoms with Gasteiger partial charge in [-0.15, -0.1) is 0 Å². The molecular formula is C20H15Cl2N3O5. The monoisotopic (exact) mass is 447 g/mol. The number of oxazole rings is 1. The van der Waals surface area contributed by atoms with Gasteiger partial charge in [0, 0.05) is 29.0 Å². The fourth-order valence-corrected chi connectivity index (χ4v) is 3.26. The van der Waals surface area contributed by atoms with E-state index in [-0.39, 0.29) is 19.6 Å². The van der Waals surface area contributed by atoms with Gasteiger partial charge < -0.3 is 13.9 Å². The van der Waals surface area contributed by atoms with E-state index in [0.717, 1.165) is 0 Å². The zero-order valence-electron chi connectivity index (χ0n) is 15.4. The van der Waals surface area contributed by atoms with Crippen LogP contribution in [0.15, 0.2) is 47.0 Å². The molecule has 0 bridgehead atoms. The zero-order valence-corrected chi connectivity index (χ0v) is 16.9. The van der Waals surface area contributed by atoms with Gasteiger partial charge in [-0.25, -0.2) is 4.98 Å². The van der Waals surface area contributed by atoms with E-state index in [1.165, 1.54) is 6.20 Å². The van der Waals surface area contributed by atoms with Crippen LogP contribution in [0.25, 0.3) is 11.3 Å². The molecular weight excluding hydrogens is 433 g/mol. The number of amides is 2. The molecule has 1 aromatic heterocycles. The van der Waals surface area contributed by atoms with Crippen molar-refractivity contribution in [1.82, 2.24) is 15.8 Å². The summed E-state index contributed by atoms with van der Waals surface area (Å²) in [5, 5.41) is 0.956. The number of benzene rings is 2. The lowest BCUT2D eigenvalue weighted by atomic mass is 10.2. The molecule has 3 aromatic rings. The number of hydrogen-bond donors (Lipinski definition) is 2. The summed E-state index contributed by atoms with van der Waals surface area (Å²) in [5.41, 5.74) is 5.69. The summed E-state index contributed by atoms with van der Waals surface area (Å²) in [7, 11) is 0. The Morgan fingerprint density at radius 3 is 2.70 bits per heavy atom. The van der Waals surface area contributed by atoms with Gasteiger partial charge in [0.2, 0.25) is 12.7 Å². The predicted octanol–water partition coefficient (Wildman–Crippen LogP) is 3.77. The van der Waals surface area contributed by atoms with Gasteiger partial charge in [-0.2, -0.15) is 0 Å². The Bertz CT molecular complexity index is 1120. The average Bonchev–Trinajstić information content (AvgIpc) is 3.39. The van der Waals surface area contributed by atoms with Crippen molar-refractivity contribution in [3.8, 4) is 22.8 Å². The molecule has 0 saturated carbocycles. The molecule has 0 atom stereocenters. The molecule has 1 aliphatic rings.